The minimum Gasteiger partial charge on any atom is -0.492 e. The Morgan fingerprint density at radius 2 is 1.88 bits per heavy atom. The summed E-state index contributed by atoms with van der Waals surface area (Å²) in [4.78, 5) is 13.3. The SMILES string of the molecule is CC.CC.COc1cc(Cl)c([N+](=O)[O-])nc1Br. The highest BCUT2D eigenvalue weighted by atomic mass is 79.9. The van der Waals surface area contributed by atoms with Gasteiger partial charge < -0.3 is 14.9 Å². The summed E-state index contributed by atoms with van der Waals surface area (Å²) < 4.78 is 5.10. The molecule has 0 amide bonds. The van der Waals surface area contributed by atoms with E-state index < -0.39 is 10.7 Å². The normalized spacial score (nSPS) is 8.18. The zero-order valence-electron chi connectivity index (χ0n) is 10.5. The maximum absolute atomic E-state index is 10.4. The molecule has 0 aromatic carbocycles. The lowest BCUT2D eigenvalue weighted by Crippen LogP contribution is -1.95. The van der Waals surface area contributed by atoms with Crippen LogP contribution in [0.5, 0.6) is 5.75 Å². The van der Waals surface area contributed by atoms with E-state index in [0.717, 1.165) is 0 Å². The molecule has 17 heavy (non-hydrogen) atoms. The van der Waals surface area contributed by atoms with Gasteiger partial charge in [0.05, 0.1) is 7.11 Å². The number of aromatic nitrogens is 1. The lowest BCUT2D eigenvalue weighted by atomic mass is 10.4. The molecule has 0 unspecified atom stereocenters. The Hall–Kier alpha value is -0.880. The minimum absolute atomic E-state index is 0.0509. The van der Waals surface area contributed by atoms with Crippen LogP contribution < -0.4 is 4.74 Å². The fourth-order valence-corrected chi connectivity index (χ4v) is 1.37. The Labute approximate surface area is 114 Å². The molecule has 5 nitrogen and oxygen atoms in total. The maximum Gasteiger partial charge on any atom is 0.383 e. The summed E-state index contributed by atoms with van der Waals surface area (Å²) in [5.74, 6) is -0.0371. The first-order valence-corrected chi connectivity index (χ1v) is 6.27. The number of hydrogen-bond donors (Lipinski definition) is 0. The molecule has 0 aliphatic carbocycles. The third-order valence-corrected chi connectivity index (χ3v) is 2.12. The molecule has 0 N–H and O–H groups in total. The van der Waals surface area contributed by atoms with Gasteiger partial charge in [-0.2, -0.15) is 0 Å². The minimum atomic E-state index is -0.660. The van der Waals surface area contributed by atoms with Crippen molar-refractivity contribution >= 4 is 33.3 Å². The van der Waals surface area contributed by atoms with Gasteiger partial charge in [-0.15, -0.1) is 0 Å². The van der Waals surface area contributed by atoms with Gasteiger partial charge >= 0.3 is 5.82 Å². The molecule has 7 heteroatoms. The standard InChI is InChI=1S/C6H4BrClN2O3.2C2H6/c1-13-4-2-3(8)6(10(11)12)9-5(4)7;2*1-2/h2H,1H3;2*1-2H3. The first-order chi connectivity index (χ1) is 8.06. The molecule has 0 atom stereocenters. The monoisotopic (exact) mass is 326 g/mol. The number of nitro groups is 1. The fourth-order valence-electron chi connectivity index (χ4n) is 0.712. The van der Waals surface area contributed by atoms with E-state index in [9.17, 15) is 10.1 Å². The molecule has 98 valence electrons. The smallest absolute Gasteiger partial charge is 0.383 e. The summed E-state index contributed by atoms with van der Waals surface area (Å²) in [5, 5.41) is 10.3. The lowest BCUT2D eigenvalue weighted by molar-refractivity contribution is -0.389. The van der Waals surface area contributed by atoms with E-state index in [1.54, 1.807) is 0 Å². The second-order valence-electron chi connectivity index (χ2n) is 2.04. The van der Waals surface area contributed by atoms with Crippen molar-refractivity contribution in [2.75, 3.05) is 7.11 Å². The van der Waals surface area contributed by atoms with Crippen molar-refractivity contribution < 1.29 is 9.66 Å². The first kappa shape index (κ1) is 18.5. The molecule has 0 saturated carbocycles. The van der Waals surface area contributed by atoms with Crippen LogP contribution in [0.2, 0.25) is 5.02 Å². The second kappa shape index (κ2) is 10.3. The van der Waals surface area contributed by atoms with Gasteiger partial charge in [-0.3, -0.25) is 0 Å². The predicted octanol–water partition coefficient (Wildman–Crippen LogP) is 4.47. The van der Waals surface area contributed by atoms with Crippen LogP contribution in [0.1, 0.15) is 27.7 Å². The van der Waals surface area contributed by atoms with Crippen LogP contribution in [0.3, 0.4) is 0 Å². The Morgan fingerprint density at radius 1 is 1.41 bits per heavy atom. The van der Waals surface area contributed by atoms with Gasteiger partial charge in [0, 0.05) is 22.0 Å². The quantitative estimate of drug-likeness (QED) is 0.457. The van der Waals surface area contributed by atoms with Crippen molar-refractivity contribution in [1.82, 2.24) is 4.98 Å². The van der Waals surface area contributed by atoms with Crippen molar-refractivity contribution in [3.05, 3.63) is 25.8 Å². The van der Waals surface area contributed by atoms with Gasteiger partial charge in [-0.1, -0.05) is 39.3 Å². The summed E-state index contributed by atoms with van der Waals surface area (Å²) >= 11 is 8.58. The van der Waals surface area contributed by atoms with Gasteiger partial charge in [-0.05, 0) is 9.91 Å². The van der Waals surface area contributed by atoms with Gasteiger partial charge in [0.15, 0.2) is 5.75 Å². The topological polar surface area (TPSA) is 65.3 Å². The summed E-state index contributed by atoms with van der Waals surface area (Å²) in [5.41, 5.74) is 0. The molecular formula is C10H16BrClN2O3. The molecule has 1 aromatic rings. The van der Waals surface area contributed by atoms with Gasteiger partial charge in [0.25, 0.3) is 4.60 Å². The van der Waals surface area contributed by atoms with Crippen LogP contribution in [0.15, 0.2) is 10.7 Å². The van der Waals surface area contributed by atoms with Gasteiger partial charge in [0.1, 0.15) is 5.02 Å². The Morgan fingerprint density at radius 3 is 2.24 bits per heavy atom. The van der Waals surface area contributed by atoms with Crippen molar-refractivity contribution in [3.8, 4) is 5.75 Å². The van der Waals surface area contributed by atoms with Crippen molar-refractivity contribution in [2.45, 2.75) is 27.7 Å². The number of pyridine rings is 1. The van der Waals surface area contributed by atoms with E-state index in [0.29, 0.717) is 5.75 Å². The molecule has 0 aliphatic heterocycles. The third-order valence-electron chi connectivity index (χ3n) is 1.27. The van der Waals surface area contributed by atoms with Crippen LogP contribution in [0, 0.1) is 10.1 Å². The fraction of sp³-hybridized carbons (Fsp3) is 0.500. The van der Waals surface area contributed by atoms with Crippen molar-refractivity contribution in [1.29, 1.82) is 0 Å². The van der Waals surface area contributed by atoms with E-state index in [-0.39, 0.29) is 9.63 Å². The Balaban J connectivity index is 0. The summed E-state index contributed by atoms with van der Waals surface area (Å²) in [6.07, 6.45) is 0. The van der Waals surface area contributed by atoms with E-state index in [1.807, 2.05) is 27.7 Å². The maximum atomic E-state index is 10.4. The molecule has 0 spiro atoms. The number of halogens is 2. The highest BCUT2D eigenvalue weighted by Gasteiger charge is 2.19. The number of rotatable bonds is 2. The average Bonchev–Trinajstić information content (AvgIpc) is 2.36. The van der Waals surface area contributed by atoms with Crippen molar-refractivity contribution in [3.63, 3.8) is 0 Å². The number of ether oxygens (including phenoxy) is 1. The van der Waals surface area contributed by atoms with E-state index in [4.69, 9.17) is 16.3 Å². The largest absolute Gasteiger partial charge is 0.492 e. The van der Waals surface area contributed by atoms with Crippen LogP contribution in [0.25, 0.3) is 0 Å². The summed E-state index contributed by atoms with van der Waals surface area (Å²) in [6.45, 7) is 8.00. The zero-order chi connectivity index (χ0) is 14.0. The first-order valence-electron chi connectivity index (χ1n) is 5.10. The second-order valence-corrected chi connectivity index (χ2v) is 3.20. The van der Waals surface area contributed by atoms with Gasteiger partial charge in [0.2, 0.25) is 0 Å². The Bertz CT molecular complexity index is 362. The molecule has 0 saturated heterocycles. The number of methoxy groups -OCH3 is 1. The molecule has 1 heterocycles. The Kier molecular flexibility index (Phi) is 11.2. The van der Waals surface area contributed by atoms with Crippen LogP contribution in [-0.4, -0.2) is 17.0 Å². The average molecular weight is 328 g/mol. The van der Waals surface area contributed by atoms with Crippen LogP contribution >= 0.6 is 27.5 Å². The molecule has 0 bridgehead atoms. The molecule has 1 rings (SSSR count). The third kappa shape index (κ3) is 5.83. The highest BCUT2D eigenvalue weighted by Crippen LogP contribution is 2.31. The molecule has 1 aromatic heterocycles. The van der Waals surface area contributed by atoms with Crippen LogP contribution in [-0.2, 0) is 0 Å². The molecule has 0 radical (unpaired) electrons. The summed E-state index contributed by atoms with van der Waals surface area (Å²) in [7, 11) is 1.42. The van der Waals surface area contributed by atoms with Crippen molar-refractivity contribution in [2.24, 2.45) is 0 Å². The van der Waals surface area contributed by atoms with Gasteiger partial charge in [-0.25, -0.2) is 0 Å². The number of hydrogen-bond acceptors (Lipinski definition) is 4. The molecule has 0 fully saturated rings. The highest BCUT2D eigenvalue weighted by molar-refractivity contribution is 9.10. The molecule has 0 aliphatic rings. The zero-order valence-corrected chi connectivity index (χ0v) is 12.8. The van der Waals surface area contributed by atoms with E-state index in [1.165, 1.54) is 13.2 Å². The van der Waals surface area contributed by atoms with Crippen LogP contribution in [0.4, 0.5) is 5.82 Å². The summed E-state index contributed by atoms with van der Waals surface area (Å²) in [6, 6.07) is 1.33. The van der Waals surface area contributed by atoms with E-state index in [2.05, 4.69) is 20.9 Å². The van der Waals surface area contributed by atoms with E-state index >= 15 is 0 Å². The molecular weight excluding hydrogens is 311 g/mol. The lowest BCUT2D eigenvalue weighted by Gasteiger charge is -2.00. The number of nitrogens with zero attached hydrogens (tertiary/aromatic N) is 2. The predicted molar refractivity (Wildman–Crippen MR) is 72.8 cm³/mol.